The van der Waals surface area contributed by atoms with Crippen LogP contribution in [-0.4, -0.2) is 40.6 Å². The Labute approximate surface area is 101 Å². The summed E-state index contributed by atoms with van der Waals surface area (Å²) in [4.78, 5) is 17.7. The molecule has 0 aliphatic heterocycles. The lowest BCUT2D eigenvalue weighted by molar-refractivity contribution is 0.0772. The lowest BCUT2D eigenvalue weighted by Crippen LogP contribution is -2.30. The van der Waals surface area contributed by atoms with Gasteiger partial charge in [0.1, 0.15) is 6.61 Å². The molecular formula is C13H16N2O2. The topological polar surface area (TPSA) is 53.4 Å². The molecule has 1 heterocycles. The van der Waals surface area contributed by atoms with Crippen LogP contribution in [0.25, 0.3) is 0 Å². The van der Waals surface area contributed by atoms with Crippen LogP contribution in [0, 0.1) is 11.8 Å². The van der Waals surface area contributed by atoms with Crippen molar-refractivity contribution in [2.45, 2.75) is 13.8 Å². The van der Waals surface area contributed by atoms with E-state index in [2.05, 4.69) is 16.8 Å². The molecule has 1 amide bonds. The van der Waals surface area contributed by atoms with E-state index in [1.54, 1.807) is 17.2 Å². The Bertz CT molecular complexity index is 442. The zero-order chi connectivity index (χ0) is 12.7. The molecule has 90 valence electrons. The van der Waals surface area contributed by atoms with Gasteiger partial charge in [0.2, 0.25) is 0 Å². The van der Waals surface area contributed by atoms with E-state index in [9.17, 15) is 4.79 Å². The van der Waals surface area contributed by atoms with Crippen LogP contribution < -0.4 is 0 Å². The zero-order valence-corrected chi connectivity index (χ0v) is 10.1. The van der Waals surface area contributed by atoms with E-state index in [4.69, 9.17) is 5.11 Å². The van der Waals surface area contributed by atoms with Crippen molar-refractivity contribution in [2.75, 3.05) is 19.7 Å². The molecule has 0 aromatic carbocycles. The normalized spacial score (nSPS) is 9.35. The number of aliphatic hydroxyl groups excluding tert-OH is 1. The minimum Gasteiger partial charge on any atom is -0.384 e. The van der Waals surface area contributed by atoms with Gasteiger partial charge in [-0.25, -0.2) is 0 Å². The highest BCUT2D eigenvalue weighted by molar-refractivity contribution is 5.94. The predicted octanol–water partition coefficient (Wildman–Crippen LogP) is 0.907. The average molecular weight is 232 g/mol. The Morgan fingerprint density at radius 1 is 1.41 bits per heavy atom. The molecule has 0 bridgehead atoms. The van der Waals surface area contributed by atoms with Gasteiger partial charge in [-0.3, -0.25) is 9.78 Å². The van der Waals surface area contributed by atoms with Gasteiger partial charge in [0.05, 0.1) is 5.56 Å². The molecule has 17 heavy (non-hydrogen) atoms. The van der Waals surface area contributed by atoms with E-state index in [0.717, 1.165) is 0 Å². The van der Waals surface area contributed by atoms with Crippen molar-refractivity contribution in [1.29, 1.82) is 0 Å². The summed E-state index contributed by atoms with van der Waals surface area (Å²) in [5, 5.41) is 8.60. The third kappa shape index (κ3) is 3.58. The maximum Gasteiger partial charge on any atom is 0.255 e. The van der Waals surface area contributed by atoms with Gasteiger partial charge in [0, 0.05) is 31.0 Å². The molecule has 1 aromatic rings. The summed E-state index contributed by atoms with van der Waals surface area (Å²) in [6.45, 7) is 5.01. The number of amides is 1. The molecule has 0 aliphatic carbocycles. The minimum atomic E-state index is -0.200. The Balaban J connectivity index is 2.95. The third-order valence-electron chi connectivity index (χ3n) is 2.35. The summed E-state index contributed by atoms with van der Waals surface area (Å²) in [6, 6.07) is 1.69. The Hall–Kier alpha value is -1.86. The summed E-state index contributed by atoms with van der Waals surface area (Å²) < 4.78 is 0. The van der Waals surface area contributed by atoms with Crippen LogP contribution in [-0.2, 0) is 0 Å². The molecule has 1 N–H and O–H groups in total. The molecule has 0 saturated carbocycles. The molecule has 1 rings (SSSR count). The van der Waals surface area contributed by atoms with Gasteiger partial charge in [0.25, 0.3) is 5.91 Å². The number of hydrogen-bond acceptors (Lipinski definition) is 3. The lowest BCUT2D eigenvalue weighted by Gasteiger charge is -2.18. The SMILES string of the molecule is CCN(CC)C(=O)c1cncc(C#CCO)c1. The highest BCUT2D eigenvalue weighted by Crippen LogP contribution is 2.05. The van der Waals surface area contributed by atoms with Crippen molar-refractivity contribution >= 4 is 5.91 Å². The highest BCUT2D eigenvalue weighted by Gasteiger charge is 2.12. The van der Waals surface area contributed by atoms with Gasteiger partial charge < -0.3 is 10.0 Å². The summed E-state index contributed by atoms with van der Waals surface area (Å²) >= 11 is 0. The van der Waals surface area contributed by atoms with Crippen molar-refractivity contribution in [3.8, 4) is 11.8 Å². The second kappa shape index (κ2) is 6.66. The molecule has 0 fully saturated rings. The van der Waals surface area contributed by atoms with E-state index >= 15 is 0 Å². The van der Waals surface area contributed by atoms with E-state index in [1.165, 1.54) is 6.20 Å². The number of aromatic nitrogens is 1. The van der Waals surface area contributed by atoms with Crippen molar-refractivity contribution in [1.82, 2.24) is 9.88 Å². The average Bonchev–Trinajstić information content (AvgIpc) is 2.38. The van der Waals surface area contributed by atoms with E-state index in [-0.39, 0.29) is 12.5 Å². The predicted molar refractivity (Wildman–Crippen MR) is 65.5 cm³/mol. The van der Waals surface area contributed by atoms with Gasteiger partial charge in [-0.2, -0.15) is 0 Å². The first-order chi connectivity index (χ1) is 8.22. The largest absolute Gasteiger partial charge is 0.384 e. The molecule has 0 spiro atoms. The van der Waals surface area contributed by atoms with Crippen LogP contribution in [0.4, 0.5) is 0 Å². The molecule has 0 saturated heterocycles. The second-order valence-electron chi connectivity index (χ2n) is 3.40. The quantitative estimate of drug-likeness (QED) is 0.788. The maximum absolute atomic E-state index is 12.0. The van der Waals surface area contributed by atoms with Crippen LogP contribution in [0.1, 0.15) is 29.8 Å². The molecule has 0 aliphatic rings. The summed E-state index contributed by atoms with van der Waals surface area (Å²) in [5.74, 6) is 5.21. The van der Waals surface area contributed by atoms with Crippen molar-refractivity contribution in [2.24, 2.45) is 0 Å². The first-order valence-corrected chi connectivity index (χ1v) is 5.57. The summed E-state index contributed by atoms with van der Waals surface area (Å²) in [7, 11) is 0. The minimum absolute atomic E-state index is 0.0462. The fourth-order valence-corrected chi connectivity index (χ4v) is 1.46. The van der Waals surface area contributed by atoms with E-state index in [1.807, 2.05) is 13.8 Å². The van der Waals surface area contributed by atoms with Crippen LogP contribution >= 0.6 is 0 Å². The Morgan fingerprint density at radius 2 is 2.12 bits per heavy atom. The molecular weight excluding hydrogens is 216 g/mol. The summed E-state index contributed by atoms with van der Waals surface area (Å²) in [5.41, 5.74) is 1.16. The number of carbonyl (C=O) groups is 1. The maximum atomic E-state index is 12.0. The van der Waals surface area contributed by atoms with E-state index in [0.29, 0.717) is 24.2 Å². The summed E-state index contributed by atoms with van der Waals surface area (Å²) in [6.07, 6.45) is 3.10. The number of nitrogens with zero attached hydrogens (tertiary/aromatic N) is 2. The smallest absolute Gasteiger partial charge is 0.255 e. The number of rotatable bonds is 3. The number of hydrogen-bond donors (Lipinski definition) is 1. The molecule has 0 radical (unpaired) electrons. The molecule has 1 aromatic heterocycles. The zero-order valence-electron chi connectivity index (χ0n) is 10.1. The third-order valence-corrected chi connectivity index (χ3v) is 2.35. The van der Waals surface area contributed by atoms with Crippen LogP contribution in [0.2, 0.25) is 0 Å². The molecule has 0 atom stereocenters. The van der Waals surface area contributed by atoms with Gasteiger partial charge in [-0.05, 0) is 19.9 Å². The highest BCUT2D eigenvalue weighted by atomic mass is 16.2. The lowest BCUT2D eigenvalue weighted by atomic mass is 10.2. The first kappa shape index (κ1) is 13.2. The van der Waals surface area contributed by atoms with Crippen LogP contribution in [0.15, 0.2) is 18.5 Å². The number of pyridine rings is 1. The monoisotopic (exact) mass is 232 g/mol. The van der Waals surface area contributed by atoms with Crippen LogP contribution in [0.5, 0.6) is 0 Å². The van der Waals surface area contributed by atoms with Crippen LogP contribution in [0.3, 0.4) is 0 Å². The molecule has 4 heteroatoms. The number of carbonyl (C=O) groups excluding carboxylic acids is 1. The number of aliphatic hydroxyl groups is 1. The second-order valence-corrected chi connectivity index (χ2v) is 3.40. The first-order valence-electron chi connectivity index (χ1n) is 5.57. The van der Waals surface area contributed by atoms with Gasteiger partial charge in [-0.15, -0.1) is 0 Å². The molecule has 4 nitrogen and oxygen atoms in total. The Morgan fingerprint density at radius 3 is 2.71 bits per heavy atom. The molecule has 0 unspecified atom stereocenters. The van der Waals surface area contributed by atoms with Crippen molar-refractivity contribution in [3.05, 3.63) is 29.6 Å². The Kier molecular flexibility index (Phi) is 5.18. The standard InChI is InChI=1S/C13H16N2O2/c1-3-15(4-2)13(17)12-8-11(6-5-7-16)9-14-10-12/h8-10,16H,3-4,7H2,1-2H3. The van der Waals surface area contributed by atoms with Crippen molar-refractivity contribution < 1.29 is 9.90 Å². The van der Waals surface area contributed by atoms with Gasteiger partial charge >= 0.3 is 0 Å². The fraction of sp³-hybridized carbons (Fsp3) is 0.385. The van der Waals surface area contributed by atoms with E-state index < -0.39 is 0 Å². The fourth-order valence-electron chi connectivity index (χ4n) is 1.46. The van der Waals surface area contributed by atoms with Gasteiger partial charge in [-0.1, -0.05) is 11.8 Å². The van der Waals surface area contributed by atoms with Crippen molar-refractivity contribution in [3.63, 3.8) is 0 Å². The van der Waals surface area contributed by atoms with Gasteiger partial charge in [0.15, 0.2) is 0 Å².